The highest BCUT2D eigenvalue weighted by Crippen LogP contribution is 2.37. The quantitative estimate of drug-likeness (QED) is 0.142. The molecule has 204 valence electrons. The van der Waals surface area contributed by atoms with Crippen LogP contribution in [-0.4, -0.2) is 11.9 Å². The van der Waals surface area contributed by atoms with Crippen molar-refractivity contribution in [3.8, 4) is 0 Å². The molecule has 0 saturated carbocycles. The highest BCUT2D eigenvalue weighted by Gasteiger charge is 2.27. The van der Waals surface area contributed by atoms with Gasteiger partial charge in [-0.15, -0.1) is 0 Å². The zero-order valence-corrected chi connectivity index (χ0v) is 24.6. The van der Waals surface area contributed by atoms with E-state index in [0.29, 0.717) is 11.1 Å². The van der Waals surface area contributed by atoms with Crippen molar-refractivity contribution in [2.75, 3.05) is 0 Å². The molecule has 0 aromatic heterocycles. The Morgan fingerprint density at radius 1 is 0.425 bits per heavy atom. The summed E-state index contributed by atoms with van der Waals surface area (Å²) in [5.41, 5.74) is 10.2. The van der Waals surface area contributed by atoms with Crippen LogP contribution in [-0.2, 0) is 9.47 Å². The van der Waals surface area contributed by atoms with E-state index in [2.05, 4.69) is 0 Å². The number of rotatable bonds is 6. The Balaban J connectivity index is 2.02. The van der Waals surface area contributed by atoms with Crippen LogP contribution in [0.25, 0.3) is 11.5 Å². The Bertz CT molecular complexity index is 1450. The molecule has 0 aliphatic heterocycles. The van der Waals surface area contributed by atoms with Gasteiger partial charge in [-0.1, -0.05) is 70.8 Å². The van der Waals surface area contributed by atoms with Crippen LogP contribution in [0.1, 0.15) is 76.4 Å². The first-order valence-corrected chi connectivity index (χ1v) is 13.4. The van der Waals surface area contributed by atoms with Crippen molar-refractivity contribution in [1.29, 1.82) is 0 Å². The van der Waals surface area contributed by atoms with Gasteiger partial charge in [-0.3, -0.25) is 0 Å². The number of hydrogen-bond acceptors (Lipinski definition) is 4. The van der Waals surface area contributed by atoms with Gasteiger partial charge in [0.05, 0.1) is 11.1 Å². The Kier molecular flexibility index (Phi) is 8.39. The molecule has 4 aromatic carbocycles. The highest BCUT2D eigenvalue weighted by atomic mass is 16.6. The van der Waals surface area contributed by atoms with Gasteiger partial charge in [-0.2, -0.15) is 0 Å². The summed E-state index contributed by atoms with van der Waals surface area (Å²) >= 11 is 0. The second-order valence-electron chi connectivity index (χ2n) is 10.7. The molecule has 0 saturated heterocycles. The summed E-state index contributed by atoms with van der Waals surface area (Å²) in [6, 6.07) is 22.6. The van der Waals surface area contributed by atoms with Crippen molar-refractivity contribution >= 4 is 23.5 Å². The van der Waals surface area contributed by atoms with Crippen LogP contribution in [0, 0.1) is 55.4 Å². The summed E-state index contributed by atoms with van der Waals surface area (Å²) < 4.78 is 12.5. The predicted octanol–water partition coefficient (Wildman–Crippen LogP) is 8.69. The van der Waals surface area contributed by atoms with Gasteiger partial charge in [-0.05, 0) is 102 Å². The summed E-state index contributed by atoms with van der Waals surface area (Å²) in [5.74, 6) is -0.617. The molecule has 0 unspecified atom stereocenters. The number of esters is 2. The third-order valence-electron chi connectivity index (χ3n) is 6.98. The van der Waals surface area contributed by atoms with Gasteiger partial charge in [0.2, 0.25) is 0 Å². The van der Waals surface area contributed by atoms with E-state index in [0.717, 1.165) is 55.6 Å². The minimum atomic E-state index is -0.527. The Morgan fingerprint density at radius 2 is 0.700 bits per heavy atom. The maximum atomic E-state index is 13.6. The fourth-order valence-electron chi connectivity index (χ4n) is 5.18. The average Bonchev–Trinajstić information content (AvgIpc) is 2.87. The lowest BCUT2D eigenvalue weighted by atomic mass is 9.93. The van der Waals surface area contributed by atoms with Crippen molar-refractivity contribution in [3.63, 3.8) is 0 Å². The number of benzene rings is 4. The van der Waals surface area contributed by atoms with Crippen LogP contribution < -0.4 is 0 Å². The van der Waals surface area contributed by atoms with Crippen molar-refractivity contribution in [3.05, 3.63) is 140 Å². The third kappa shape index (κ3) is 6.23. The number of hydrogen-bond donors (Lipinski definition) is 0. The molecule has 0 amide bonds. The molecule has 0 bridgehead atoms. The molecule has 0 spiro atoms. The Hall–Kier alpha value is -4.44. The van der Waals surface area contributed by atoms with Crippen LogP contribution in [0.5, 0.6) is 0 Å². The SMILES string of the molecule is Cc1ccc(C(=O)O/C(=C(/OC(=O)c2ccc(C)cc2)c2c(C)cc(C)cc2C)c2c(C)cc(C)cc2C)cc1. The number of ether oxygens (including phenoxy) is 2. The minimum Gasteiger partial charge on any atom is -0.418 e. The van der Waals surface area contributed by atoms with Gasteiger partial charge < -0.3 is 9.47 Å². The molecule has 0 N–H and O–H groups in total. The molecule has 4 rings (SSSR count). The summed E-state index contributed by atoms with van der Waals surface area (Å²) in [4.78, 5) is 27.2. The first kappa shape index (κ1) is 28.6. The molecule has 0 fully saturated rings. The van der Waals surface area contributed by atoms with Crippen LogP contribution in [0.15, 0.2) is 72.8 Å². The van der Waals surface area contributed by atoms with Gasteiger partial charge in [-0.25, -0.2) is 9.59 Å². The Labute approximate surface area is 237 Å². The largest absolute Gasteiger partial charge is 0.418 e. The lowest BCUT2D eigenvalue weighted by Crippen LogP contribution is -2.14. The molecule has 0 aliphatic carbocycles. The van der Waals surface area contributed by atoms with Crippen molar-refractivity contribution < 1.29 is 19.1 Å². The lowest BCUT2D eigenvalue weighted by Gasteiger charge is -2.22. The second-order valence-corrected chi connectivity index (χ2v) is 10.7. The molecule has 40 heavy (non-hydrogen) atoms. The van der Waals surface area contributed by atoms with Crippen molar-refractivity contribution in [1.82, 2.24) is 0 Å². The van der Waals surface area contributed by atoms with Gasteiger partial charge >= 0.3 is 11.9 Å². The molecule has 0 atom stereocenters. The van der Waals surface area contributed by atoms with Crippen LogP contribution in [0.2, 0.25) is 0 Å². The molecule has 4 nitrogen and oxygen atoms in total. The first-order chi connectivity index (χ1) is 18.9. The molecule has 4 aromatic rings. The van der Waals surface area contributed by atoms with Crippen molar-refractivity contribution in [2.45, 2.75) is 55.4 Å². The average molecular weight is 533 g/mol. The summed E-state index contributed by atoms with van der Waals surface area (Å²) in [6.45, 7) is 15.9. The fraction of sp³-hybridized carbons (Fsp3) is 0.222. The van der Waals surface area contributed by atoms with Gasteiger partial charge in [0.15, 0.2) is 11.5 Å². The Morgan fingerprint density at radius 3 is 0.975 bits per heavy atom. The number of aryl methyl sites for hydroxylation is 8. The van der Waals surface area contributed by atoms with E-state index < -0.39 is 11.9 Å². The molecule has 0 heterocycles. The van der Waals surface area contributed by atoms with E-state index in [4.69, 9.17) is 9.47 Å². The lowest BCUT2D eigenvalue weighted by molar-refractivity contribution is 0.0646. The number of carbonyl (C=O) groups is 2. The monoisotopic (exact) mass is 532 g/mol. The predicted molar refractivity (Wildman–Crippen MR) is 161 cm³/mol. The third-order valence-corrected chi connectivity index (χ3v) is 6.98. The summed E-state index contributed by atoms with van der Waals surface area (Å²) in [7, 11) is 0. The highest BCUT2D eigenvalue weighted by molar-refractivity contribution is 6.02. The zero-order chi connectivity index (χ0) is 29.1. The van der Waals surface area contributed by atoms with E-state index in [1.54, 1.807) is 24.3 Å². The molecule has 4 heteroatoms. The molecular formula is C36H36O4. The molecule has 0 aliphatic rings. The second kappa shape index (κ2) is 11.7. The summed E-state index contributed by atoms with van der Waals surface area (Å²) in [6.07, 6.45) is 0. The van der Waals surface area contributed by atoms with Crippen LogP contribution in [0.4, 0.5) is 0 Å². The van der Waals surface area contributed by atoms with Crippen LogP contribution >= 0.6 is 0 Å². The maximum absolute atomic E-state index is 13.6. The van der Waals surface area contributed by atoms with E-state index in [9.17, 15) is 9.59 Å². The number of carbonyl (C=O) groups excluding carboxylic acids is 2. The minimum absolute atomic E-state index is 0.219. The maximum Gasteiger partial charge on any atom is 0.343 e. The summed E-state index contributed by atoms with van der Waals surface area (Å²) in [5, 5.41) is 0. The normalized spacial score (nSPS) is 11.6. The van der Waals surface area contributed by atoms with E-state index in [-0.39, 0.29) is 11.5 Å². The van der Waals surface area contributed by atoms with Gasteiger partial charge in [0.25, 0.3) is 0 Å². The first-order valence-electron chi connectivity index (χ1n) is 13.4. The van der Waals surface area contributed by atoms with Gasteiger partial charge in [0.1, 0.15) is 0 Å². The van der Waals surface area contributed by atoms with E-state index >= 15 is 0 Å². The topological polar surface area (TPSA) is 52.6 Å². The van der Waals surface area contributed by atoms with E-state index in [1.807, 2.05) is 104 Å². The van der Waals surface area contributed by atoms with Gasteiger partial charge in [0, 0.05) is 11.1 Å². The molecular weight excluding hydrogens is 496 g/mol. The van der Waals surface area contributed by atoms with E-state index in [1.165, 1.54) is 0 Å². The fourth-order valence-corrected chi connectivity index (χ4v) is 5.18. The zero-order valence-electron chi connectivity index (χ0n) is 24.6. The molecule has 0 radical (unpaired) electrons. The smallest absolute Gasteiger partial charge is 0.343 e. The van der Waals surface area contributed by atoms with Crippen molar-refractivity contribution in [2.24, 2.45) is 0 Å². The standard InChI is InChI=1S/C36H36O4/c1-21-9-13-29(14-10-21)35(37)39-33(31-25(5)17-23(3)18-26(31)6)34(32-27(7)19-24(4)20-28(32)8)40-36(38)30-15-11-22(2)12-16-30/h9-20H,1-8H3/b34-33+. The van der Waals surface area contributed by atoms with Crippen LogP contribution in [0.3, 0.4) is 0 Å².